The topological polar surface area (TPSA) is 200 Å². The van der Waals surface area contributed by atoms with Crippen molar-refractivity contribution in [2.45, 2.75) is 5.25 Å². The van der Waals surface area contributed by atoms with Crippen LogP contribution in [-0.2, 0) is 30.4 Å². The van der Waals surface area contributed by atoms with Crippen LogP contribution in [0.4, 0.5) is 0 Å². The summed E-state index contributed by atoms with van der Waals surface area (Å²) in [5, 5.41) is -2.50. The summed E-state index contributed by atoms with van der Waals surface area (Å²) in [6.45, 7) is 0. The molecule has 0 rings (SSSR count). The van der Waals surface area contributed by atoms with Crippen molar-refractivity contribution in [3.05, 3.63) is 0 Å². The third kappa shape index (κ3) is 13.2. The maximum Gasteiger partial charge on any atom is 2.00 e. The molecule has 0 aliphatic carbocycles. The molecule has 1 unspecified atom stereocenters. The van der Waals surface area contributed by atoms with Gasteiger partial charge in [0.15, 0.2) is 0 Å². The van der Waals surface area contributed by atoms with Crippen molar-refractivity contribution in [1.29, 1.82) is 0 Å². The minimum absolute atomic E-state index is 0. The Morgan fingerprint density at radius 1 is 0.941 bits per heavy atom. The molecule has 0 aliphatic rings. The van der Waals surface area contributed by atoms with Crippen molar-refractivity contribution < 1.29 is 44.4 Å². The van der Waals surface area contributed by atoms with Crippen LogP contribution >= 0.6 is 0 Å². The third-order valence-corrected chi connectivity index (χ3v) is 4.40. The predicted molar refractivity (Wildman–Crippen MR) is 53.8 cm³/mol. The van der Waals surface area contributed by atoms with Gasteiger partial charge in [-0.3, -0.25) is 4.55 Å². The second-order valence-corrected chi connectivity index (χ2v) is 7.19. The predicted octanol–water partition coefficient (Wildman–Crippen LogP) is -3.87. The average molecular weight is 340 g/mol. The average Bonchev–Trinajstić information content (AvgIpc) is 1.75. The molecular weight excluding hydrogens is 332 g/mol. The molecule has 14 heteroatoms. The molecule has 10 nitrogen and oxygen atoms in total. The van der Waals surface area contributed by atoms with E-state index in [-0.39, 0.29) is 43.2 Å². The Morgan fingerprint density at radius 2 is 1.29 bits per heavy atom. The summed E-state index contributed by atoms with van der Waals surface area (Å²) in [6.07, 6.45) is 0. The fraction of sp³-hybridized carbons (Fsp3) is 1.00. The van der Waals surface area contributed by atoms with E-state index in [9.17, 15) is 34.4 Å². The molecular formula is C3H8CaO10S3. The van der Waals surface area contributed by atoms with E-state index in [1.165, 1.54) is 0 Å². The van der Waals surface area contributed by atoms with Crippen LogP contribution in [0.2, 0.25) is 0 Å². The van der Waals surface area contributed by atoms with Gasteiger partial charge in [0.05, 0.1) is 37.0 Å². The Hall–Kier alpha value is 0.950. The molecule has 0 aromatic carbocycles. The summed E-state index contributed by atoms with van der Waals surface area (Å²) in [7, 11) is -15.2. The van der Waals surface area contributed by atoms with Crippen molar-refractivity contribution in [3.63, 3.8) is 0 Å². The van der Waals surface area contributed by atoms with Crippen molar-refractivity contribution in [1.82, 2.24) is 0 Å². The molecule has 1 atom stereocenters. The van der Waals surface area contributed by atoms with Gasteiger partial charge in [0, 0.05) is 0 Å². The first-order chi connectivity index (χ1) is 6.31. The Morgan fingerprint density at radius 3 is 1.47 bits per heavy atom. The molecule has 0 saturated heterocycles. The van der Waals surface area contributed by atoms with Crippen LogP contribution in [-0.4, -0.2) is 98.9 Å². The Balaban J connectivity index is -0.000000980. The van der Waals surface area contributed by atoms with E-state index in [4.69, 9.17) is 4.55 Å². The zero-order valence-corrected chi connectivity index (χ0v) is 12.8. The van der Waals surface area contributed by atoms with Gasteiger partial charge in [-0.05, 0) is 0 Å². The summed E-state index contributed by atoms with van der Waals surface area (Å²) < 4.78 is 90.2. The molecule has 0 spiro atoms. The summed E-state index contributed by atoms with van der Waals surface area (Å²) in [4.78, 5) is 0. The van der Waals surface area contributed by atoms with Crippen molar-refractivity contribution in [2.75, 3.05) is 11.5 Å². The monoisotopic (exact) mass is 340 g/mol. The fourth-order valence-corrected chi connectivity index (χ4v) is 4.34. The molecule has 0 amide bonds. The summed E-state index contributed by atoms with van der Waals surface area (Å²) in [5.41, 5.74) is 0. The molecule has 100 valence electrons. The van der Waals surface area contributed by atoms with E-state index in [1.807, 2.05) is 0 Å². The quantitative estimate of drug-likeness (QED) is 0.383. The van der Waals surface area contributed by atoms with Crippen LogP contribution in [0.5, 0.6) is 0 Å². The van der Waals surface area contributed by atoms with Gasteiger partial charge in [-0.2, -0.15) is 8.42 Å². The molecule has 3 N–H and O–H groups in total. The third-order valence-electron chi connectivity index (χ3n) is 1.19. The summed E-state index contributed by atoms with van der Waals surface area (Å²) in [6, 6.07) is 0. The molecule has 0 fully saturated rings. The molecule has 0 aromatic heterocycles. The van der Waals surface area contributed by atoms with Gasteiger partial charge in [0.2, 0.25) is 0 Å². The van der Waals surface area contributed by atoms with Crippen LogP contribution in [0.15, 0.2) is 0 Å². The van der Waals surface area contributed by atoms with Crippen molar-refractivity contribution >= 4 is 68.1 Å². The Kier molecular flexibility index (Phi) is 10.2. The van der Waals surface area contributed by atoms with Gasteiger partial charge in [-0.25, -0.2) is 16.8 Å². The van der Waals surface area contributed by atoms with Crippen LogP contribution in [0.1, 0.15) is 0 Å². The Bertz CT molecular complexity index is 479. The Labute approximate surface area is 128 Å². The summed E-state index contributed by atoms with van der Waals surface area (Å²) in [5.74, 6) is -3.32. The zero-order chi connectivity index (χ0) is 12.5. The molecule has 0 aliphatic heterocycles. The second kappa shape index (κ2) is 7.52. The molecule has 17 heavy (non-hydrogen) atoms. The van der Waals surface area contributed by atoms with Gasteiger partial charge < -0.3 is 14.6 Å². The van der Waals surface area contributed by atoms with E-state index in [0.29, 0.717) is 0 Å². The van der Waals surface area contributed by atoms with Crippen LogP contribution in [0.25, 0.3) is 0 Å². The van der Waals surface area contributed by atoms with Gasteiger partial charge in [-0.1, -0.05) is 0 Å². The molecule has 0 saturated carbocycles. The SMILES string of the molecule is O.O=S(=O)([O-])CC(CS(=O)(=O)O)S(=O)(=O)[O-].[Ca+2]. The van der Waals surface area contributed by atoms with E-state index in [2.05, 4.69) is 0 Å². The minimum Gasteiger partial charge on any atom is -0.748 e. The van der Waals surface area contributed by atoms with Crippen LogP contribution in [0.3, 0.4) is 0 Å². The smallest absolute Gasteiger partial charge is 0.748 e. The second-order valence-electron chi connectivity index (χ2n) is 2.59. The van der Waals surface area contributed by atoms with Gasteiger partial charge >= 0.3 is 37.7 Å². The van der Waals surface area contributed by atoms with Gasteiger partial charge in [-0.15, -0.1) is 0 Å². The largest absolute Gasteiger partial charge is 2.00 e. The van der Waals surface area contributed by atoms with Gasteiger partial charge in [0.25, 0.3) is 10.1 Å². The number of rotatable bonds is 5. The fourth-order valence-electron chi connectivity index (χ4n) is 0.677. The van der Waals surface area contributed by atoms with Crippen molar-refractivity contribution in [2.24, 2.45) is 0 Å². The van der Waals surface area contributed by atoms with E-state index >= 15 is 0 Å². The first kappa shape index (κ1) is 23.1. The molecule has 0 bridgehead atoms. The maximum atomic E-state index is 10.4. The first-order valence-corrected chi connectivity index (χ1v) is 7.80. The molecule has 0 radical (unpaired) electrons. The molecule has 0 aromatic rings. The number of hydrogen-bond acceptors (Lipinski definition) is 8. The van der Waals surface area contributed by atoms with Crippen molar-refractivity contribution in [3.8, 4) is 0 Å². The summed E-state index contributed by atoms with van der Waals surface area (Å²) >= 11 is 0. The molecule has 0 heterocycles. The van der Waals surface area contributed by atoms with Gasteiger partial charge in [0.1, 0.15) is 0 Å². The standard InChI is InChI=1S/C3H8O9S3.Ca.H2O/c4-13(5,6)1-3(15(10,11)12)2-14(7,8)9;;/h3H,1-2H2,(H,4,5,6)(H,7,8,9)(H,10,11,12);;1H2/q;+2;/p-2. The van der Waals surface area contributed by atoms with E-state index in [0.717, 1.165) is 0 Å². The van der Waals surface area contributed by atoms with E-state index < -0.39 is 47.1 Å². The number of hydrogen-bond donors (Lipinski definition) is 1. The maximum absolute atomic E-state index is 10.4. The first-order valence-electron chi connectivity index (χ1n) is 3.15. The van der Waals surface area contributed by atoms with E-state index in [1.54, 1.807) is 0 Å². The normalized spacial score (nSPS) is 14.3. The van der Waals surface area contributed by atoms with Crippen LogP contribution in [0, 0.1) is 0 Å². The van der Waals surface area contributed by atoms with Crippen LogP contribution < -0.4 is 0 Å². The minimum atomic E-state index is -5.30. The zero-order valence-electron chi connectivity index (χ0n) is 8.14.